The summed E-state index contributed by atoms with van der Waals surface area (Å²) in [5.41, 5.74) is -0.0373. The highest BCUT2D eigenvalue weighted by molar-refractivity contribution is 5.76. The molecule has 1 amide bonds. The second-order valence-electron chi connectivity index (χ2n) is 6.63. The Bertz CT molecular complexity index is 279. The second kappa shape index (κ2) is 7.39. The van der Waals surface area contributed by atoms with Crippen molar-refractivity contribution < 1.29 is 14.7 Å². The summed E-state index contributed by atoms with van der Waals surface area (Å²) in [5.74, 6) is -0.340. The molecule has 0 aromatic carbocycles. The van der Waals surface area contributed by atoms with Crippen LogP contribution in [0.4, 0.5) is 0 Å². The monoisotopic (exact) mass is 257 g/mol. The lowest BCUT2D eigenvalue weighted by Gasteiger charge is -2.20. The van der Waals surface area contributed by atoms with E-state index in [4.69, 9.17) is 5.11 Å². The Morgan fingerprint density at radius 2 is 1.78 bits per heavy atom. The lowest BCUT2D eigenvalue weighted by atomic mass is 9.91. The fraction of sp³-hybridized carbons (Fsp3) is 0.857. The lowest BCUT2D eigenvalue weighted by molar-refractivity contribution is -0.138. The van der Waals surface area contributed by atoms with E-state index >= 15 is 0 Å². The van der Waals surface area contributed by atoms with Crippen LogP contribution in [0, 0.1) is 17.3 Å². The van der Waals surface area contributed by atoms with Gasteiger partial charge in [0.15, 0.2) is 0 Å². The van der Waals surface area contributed by atoms with E-state index in [1.54, 1.807) is 0 Å². The molecule has 0 unspecified atom stereocenters. The Balaban J connectivity index is 4.17. The minimum absolute atomic E-state index is 0.00152. The maximum Gasteiger partial charge on any atom is 0.303 e. The second-order valence-corrected chi connectivity index (χ2v) is 6.63. The van der Waals surface area contributed by atoms with E-state index in [-0.39, 0.29) is 23.7 Å². The largest absolute Gasteiger partial charge is 0.481 e. The van der Waals surface area contributed by atoms with Gasteiger partial charge < -0.3 is 10.4 Å². The number of nitrogens with one attached hydrogen (secondary N) is 1. The topological polar surface area (TPSA) is 66.4 Å². The zero-order valence-corrected chi connectivity index (χ0v) is 12.2. The third-order valence-corrected chi connectivity index (χ3v) is 2.55. The summed E-state index contributed by atoms with van der Waals surface area (Å²) in [5, 5.41) is 11.7. The van der Waals surface area contributed by atoms with Gasteiger partial charge >= 0.3 is 5.97 Å². The number of hydrogen-bond donors (Lipinski definition) is 2. The lowest BCUT2D eigenvalue weighted by Crippen LogP contribution is -2.33. The van der Waals surface area contributed by atoms with E-state index in [0.717, 1.165) is 6.42 Å². The molecule has 0 aliphatic rings. The van der Waals surface area contributed by atoms with Crippen molar-refractivity contribution in [1.29, 1.82) is 0 Å². The first-order chi connectivity index (χ1) is 8.10. The smallest absolute Gasteiger partial charge is 0.303 e. The van der Waals surface area contributed by atoms with Crippen LogP contribution in [0.3, 0.4) is 0 Å². The van der Waals surface area contributed by atoms with Crippen molar-refractivity contribution in [3.05, 3.63) is 0 Å². The molecule has 0 aromatic heterocycles. The van der Waals surface area contributed by atoms with Crippen molar-refractivity contribution in [2.24, 2.45) is 17.3 Å². The minimum Gasteiger partial charge on any atom is -0.481 e. The van der Waals surface area contributed by atoms with Crippen LogP contribution in [0.25, 0.3) is 0 Å². The molecular weight excluding hydrogens is 230 g/mol. The van der Waals surface area contributed by atoms with Gasteiger partial charge in [0.25, 0.3) is 0 Å². The highest BCUT2D eigenvalue weighted by atomic mass is 16.4. The molecule has 0 saturated carbocycles. The maximum absolute atomic E-state index is 11.7. The molecule has 0 rings (SSSR count). The van der Waals surface area contributed by atoms with E-state index in [0.29, 0.717) is 18.9 Å². The first kappa shape index (κ1) is 16.9. The van der Waals surface area contributed by atoms with Crippen molar-refractivity contribution in [3.8, 4) is 0 Å². The number of rotatable bonds is 7. The summed E-state index contributed by atoms with van der Waals surface area (Å²) >= 11 is 0. The summed E-state index contributed by atoms with van der Waals surface area (Å²) in [6.45, 7) is 10.6. The fourth-order valence-electron chi connectivity index (χ4n) is 1.95. The molecule has 0 bridgehead atoms. The summed E-state index contributed by atoms with van der Waals surface area (Å²) in [4.78, 5) is 22.4. The van der Waals surface area contributed by atoms with E-state index in [9.17, 15) is 9.59 Å². The third kappa shape index (κ3) is 10.1. The Kier molecular flexibility index (Phi) is 6.96. The number of carboxylic acids is 1. The number of carboxylic acid groups (broad SMARTS) is 1. The highest BCUT2D eigenvalue weighted by Gasteiger charge is 2.19. The SMILES string of the molecule is CC(C)C[C@H](CNC(=O)CC(C)(C)C)CC(=O)O. The normalized spacial score (nSPS) is 13.4. The summed E-state index contributed by atoms with van der Waals surface area (Å²) in [7, 11) is 0. The van der Waals surface area contributed by atoms with Crippen LogP contribution >= 0.6 is 0 Å². The zero-order chi connectivity index (χ0) is 14.3. The van der Waals surface area contributed by atoms with Crippen molar-refractivity contribution in [2.45, 2.75) is 53.9 Å². The number of carbonyl (C=O) groups excluding carboxylic acids is 1. The standard InChI is InChI=1S/C14H27NO3/c1-10(2)6-11(7-13(17)18)9-15-12(16)8-14(3,4)5/h10-11H,6-9H2,1-5H3,(H,15,16)(H,17,18)/t11-/m0/s1. The first-order valence-electron chi connectivity index (χ1n) is 6.58. The van der Waals surface area contributed by atoms with E-state index in [1.807, 2.05) is 20.8 Å². The molecule has 1 atom stereocenters. The quantitative estimate of drug-likeness (QED) is 0.737. The molecular formula is C14H27NO3. The van der Waals surface area contributed by atoms with Crippen LogP contribution in [-0.2, 0) is 9.59 Å². The molecule has 0 radical (unpaired) electrons. The molecule has 0 aliphatic carbocycles. The third-order valence-electron chi connectivity index (χ3n) is 2.55. The van der Waals surface area contributed by atoms with Gasteiger partial charge in [-0.3, -0.25) is 9.59 Å². The summed E-state index contributed by atoms with van der Waals surface area (Å²) in [6, 6.07) is 0. The predicted octanol–water partition coefficient (Wildman–Crippen LogP) is 2.68. The van der Waals surface area contributed by atoms with Crippen LogP contribution in [0.1, 0.15) is 53.9 Å². The van der Waals surface area contributed by atoms with Gasteiger partial charge in [-0.05, 0) is 23.7 Å². The van der Waals surface area contributed by atoms with Gasteiger partial charge in [0.2, 0.25) is 5.91 Å². The molecule has 0 saturated heterocycles. The molecule has 4 heteroatoms. The van der Waals surface area contributed by atoms with Crippen molar-refractivity contribution in [1.82, 2.24) is 5.32 Å². The molecule has 0 fully saturated rings. The minimum atomic E-state index is -0.800. The van der Waals surface area contributed by atoms with Crippen LogP contribution in [0.2, 0.25) is 0 Å². The number of amides is 1. The molecule has 0 aliphatic heterocycles. The van der Waals surface area contributed by atoms with Gasteiger partial charge in [0.1, 0.15) is 0 Å². The van der Waals surface area contributed by atoms with Gasteiger partial charge in [-0.2, -0.15) is 0 Å². The number of aliphatic carboxylic acids is 1. The summed E-state index contributed by atoms with van der Waals surface area (Å²) in [6.07, 6.45) is 1.41. The molecule has 0 spiro atoms. The van der Waals surface area contributed by atoms with Crippen LogP contribution in [0.5, 0.6) is 0 Å². The average molecular weight is 257 g/mol. The van der Waals surface area contributed by atoms with Gasteiger partial charge in [0.05, 0.1) is 0 Å². The highest BCUT2D eigenvalue weighted by Crippen LogP contribution is 2.19. The Morgan fingerprint density at radius 1 is 1.22 bits per heavy atom. The molecule has 0 heterocycles. The first-order valence-corrected chi connectivity index (χ1v) is 6.58. The van der Waals surface area contributed by atoms with E-state index < -0.39 is 5.97 Å². The Hall–Kier alpha value is -1.06. The van der Waals surface area contributed by atoms with Crippen molar-refractivity contribution in [3.63, 3.8) is 0 Å². The molecule has 106 valence electrons. The van der Waals surface area contributed by atoms with Gasteiger partial charge in [0, 0.05) is 19.4 Å². The van der Waals surface area contributed by atoms with E-state index in [2.05, 4.69) is 19.2 Å². The fourth-order valence-corrected chi connectivity index (χ4v) is 1.95. The Labute approximate surface area is 110 Å². The average Bonchev–Trinajstić information content (AvgIpc) is 2.09. The van der Waals surface area contributed by atoms with Gasteiger partial charge in [-0.25, -0.2) is 0 Å². The van der Waals surface area contributed by atoms with Crippen molar-refractivity contribution in [2.75, 3.05) is 6.54 Å². The zero-order valence-electron chi connectivity index (χ0n) is 12.2. The van der Waals surface area contributed by atoms with Crippen LogP contribution < -0.4 is 5.32 Å². The number of hydrogen-bond acceptors (Lipinski definition) is 2. The number of carbonyl (C=O) groups is 2. The maximum atomic E-state index is 11.7. The van der Waals surface area contributed by atoms with Gasteiger partial charge in [-0.15, -0.1) is 0 Å². The summed E-state index contributed by atoms with van der Waals surface area (Å²) < 4.78 is 0. The predicted molar refractivity (Wildman–Crippen MR) is 72.3 cm³/mol. The molecule has 4 nitrogen and oxygen atoms in total. The van der Waals surface area contributed by atoms with Crippen LogP contribution in [0.15, 0.2) is 0 Å². The molecule has 2 N–H and O–H groups in total. The molecule has 0 aromatic rings. The van der Waals surface area contributed by atoms with Crippen LogP contribution in [-0.4, -0.2) is 23.5 Å². The molecule has 18 heavy (non-hydrogen) atoms. The van der Waals surface area contributed by atoms with Gasteiger partial charge in [-0.1, -0.05) is 34.6 Å². The van der Waals surface area contributed by atoms with E-state index in [1.165, 1.54) is 0 Å². The van der Waals surface area contributed by atoms with Crippen molar-refractivity contribution >= 4 is 11.9 Å². The Morgan fingerprint density at radius 3 is 2.17 bits per heavy atom.